The summed E-state index contributed by atoms with van der Waals surface area (Å²) in [6.45, 7) is 2.45. The SMILES string of the molecule is CCS(=O)(=O)[C@](C)(Cl)C(=O)c1cccc([N+](=O)[O-])c1. The first kappa shape index (κ1) is 15.6. The van der Waals surface area contributed by atoms with E-state index in [1.165, 1.54) is 25.1 Å². The maximum atomic E-state index is 12.1. The Morgan fingerprint density at radius 3 is 2.53 bits per heavy atom. The molecule has 0 amide bonds. The van der Waals surface area contributed by atoms with Crippen LogP contribution in [0.25, 0.3) is 0 Å². The van der Waals surface area contributed by atoms with Crippen LogP contribution in [0.2, 0.25) is 0 Å². The van der Waals surface area contributed by atoms with Gasteiger partial charge in [-0.1, -0.05) is 30.7 Å². The molecule has 0 saturated carbocycles. The predicted molar refractivity (Wildman–Crippen MR) is 71.1 cm³/mol. The Morgan fingerprint density at radius 1 is 1.47 bits per heavy atom. The fourth-order valence-corrected chi connectivity index (χ4v) is 2.81. The van der Waals surface area contributed by atoms with Crippen molar-refractivity contribution in [3.05, 3.63) is 39.9 Å². The number of hydrogen-bond acceptors (Lipinski definition) is 5. The number of carbonyl (C=O) groups is 1. The standard InChI is InChI=1S/C11H12ClNO5S/c1-3-19(17,18)11(2,12)10(14)8-5-4-6-9(7-8)13(15)16/h4-7H,3H2,1-2H3/t11-/m0/s1. The van der Waals surface area contributed by atoms with Gasteiger partial charge in [0, 0.05) is 23.4 Å². The number of alkyl halides is 1. The van der Waals surface area contributed by atoms with Gasteiger partial charge in [-0.25, -0.2) is 8.42 Å². The summed E-state index contributed by atoms with van der Waals surface area (Å²) in [6.07, 6.45) is 0. The van der Waals surface area contributed by atoms with E-state index in [2.05, 4.69) is 0 Å². The van der Waals surface area contributed by atoms with Gasteiger partial charge in [0.15, 0.2) is 15.6 Å². The van der Waals surface area contributed by atoms with Gasteiger partial charge in [-0.05, 0) is 6.92 Å². The molecule has 0 heterocycles. The summed E-state index contributed by atoms with van der Waals surface area (Å²) in [5.41, 5.74) is -0.407. The minimum Gasteiger partial charge on any atom is -0.291 e. The van der Waals surface area contributed by atoms with Crippen LogP contribution in [0, 0.1) is 10.1 Å². The number of non-ortho nitro benzene ring substituents is 1. The minimum absolute atomic E-state index is 0.108. The first-order valence-electron chi connectivity index (χ1n) is 5.34. The van der Waals surface area contributed by atoms with Crippen molar-refractivity contribution in [2.24, 2.45) is 0 Å². The van der Waals surface area contributed by atoms with Gasteiger partial charge < -0.3 is 0 Å². The van der Waals surface area contributed by atoms with E-state index in [1.54, 1.807) is 0 Å². The number of rotatable bonds is 5. The van der Waals surface area contributed by atoms with E-state index < -0.39 is 24.8 Å². The van der Waals surface area contributed by atoms with Gasteiger partial charge in [0.2, 0.25) is 4.21 Å². The second-order valence-electron chi connectivity index (χ2n) is 3.96. The highest BCUT2D eigenvalue weighted by Gasteiger charge is 2.43. The number of sulfone groups is 1. The Balaban J connectivity index is 3.28. The van der Waals surface area contributed by atoms with Crippen LogP contribution in [0.3, 0.4) is 0 Å². The number of carbonyl (C=O) groups excluding carboxylic acids is 1. The maximum absolute atomic E-state index is 12.1. The largest absolute Gasteiger partial charge is 0.291 e. The molecular weight excluding hydrogens is 294 g/mol. The van der Waals surface area contributed by atoms with Crippen molar-refractivity contribution in [2.75, 3.05) is 5.75 Å². The zero-order valence-electron chi connectivity index (χ0n) is 10.3. The van der Waals surface area contributed by atoms with Crippen molar-refractivity contribution in [2.45, 2.75) is 18.1 Å². The normalized spacial score (nSPS) is 14.7. The van der Waals surface area contributed by atoms with Gasteiger partial charge in [-0.15, -0.1) is 0 Å². The van der Waals surface area contributed by atoms with E-state index in [4.69, 9.17) is 11.6 Å². The molecule has 0 aromatic heterocycles. The molecule has 19 heavy (non-hydrogen) atoms. The van der Waals surface area contributed by atoms with E-state index in [1.807, 2.05) is 0 Å². The second-order valence-corrected chi connectivity index (χ2v) is 7.56. The van der Waals surface area contributed by atoms with Crippen LogP contribution in [0.15, 0.2) is 24.3 Å². The van der Waals surface area contributed by atoms with E-state index in [9.17, 15) is 23.3 Å². The highest BCUT2D eigenvalue weighted by Crippen LogP contribution is 2.29. The van der Waals surface area contributed by atoms with E-state index in [0.29, 0.717) is 0 Å². The molecule has 0 aliphatic rings. The minimum atomic E-state index is -3.83. The summed E-state index contributed by atoms with van der Waals surface area (Å²) in [7, 11) is -3.83. The average Bonchev–Trinajstić information content (AvgIpc) is 2.37. The summed E-state index contributed by atoms with van der Waals surface area (Å²) in [4.78, 5) is 22.1. The molecule has 6 nitrogen and oxygen atoms in total. The lowest BCUT2D eigenvalue weighted by molar-refractivity contribution is -0.384. The Kier molecular flexibility index (Phi) is 4.32. The number of ketones is 1. The third-order valence-electron chi connectivity index (χ3n) is 2.69. The van der Waals surface area contributed by atoms with Crippen molar-refractivity contribution >= 4 is 32.9 Å². The van der Waals surface area contributed by atoms with Crippen molar-refractivity contribution in [3.8, 4) is 0 Å². The first-order valence-corrected chi connectivity index (χ1v) is 7.37. The Hall–Kier alpha value is -1.47. The molecule has 0 N–H and O–H groups in total. The van der Waals surface area contributed by atoms with Crippen molar-refractivity contribution < 1.29 is 18.1 Å². The summed E-state index contributed by atoms with van der Waals surface area (Å²) in [5.74, 6) is -1.17. The van der Waals surface area contributed by atoms with Gasteiger partial charge in [-0.2, -0.15) is 0 Å². The fourth-order valence-electron chi connectivity index (χ4n) is 1.43. The smallest absolute Gasteiger partial charge is 0.270 e. The number of benzene rings is 1. The van der Waals surface area contributed by atoms with Crippen LogP contribution in [0.1, 0.15) is 24.2 Å². The van der Waals surface area contributed by atoms with Gasteiger partial charge in [0.25, 0.3) is 5.69 Å². The molecule has 104 valence electrons. The van der Waals surface area contributed by atoms with Gasteiger partial charge in [0.05, 0.1) is 4.92 Å². The zero-order chi connectivity index (χ0) is 14.8. The molecule has 0 spiro atoms. The van der Waals surface area contributed by atoms with E-state index >= 15 is 0 Å². The van der Waals surface area contributed by atoms with Crippen LogP contribution < -0.4 is 0 Å². The Morgan fingerprint density at radius 2 is 2.05 bits per heavy atom. The number of halogens is 1. The number of nitro benzene ring substituents is 1. The van der Waals surface area contributed by atoms with Gasteiger partial charge >= 0.3 is 0 Å². The van der Waals surface area contributed by atoms with Gasteiger partial charge in [-0.3, -0.25) is 14.9 Å². The molecule has 1 aromatic carbocycles. The third-order valence-corrected chi connectivity index (χ3v) is 5.68. The van der Waals surface area contributed by atoms with Crippen molar-refractivity contribution in [3.63, 3.8) is 0 Å². The number of nitrogens with zero attached hydrogens (tertiary/aromatic N) is 1. The summed E-state index contributed by atoms with van der Waals surface area (Å²) in [5, 5.41) is 10.6. The molecule has 0 bridgehead atoms. The van der Waals surface area contributed by atoms with Crippen LogP contribution in [-0.4, -0.2) is 29.1 Å². The molecular formula is C11H12ClNO5S. The van der Waals surface area contributed by atoms with Crippen LogP contribution in [0.5, 0.6) is 0 Å². The summed E-state index contributed by atoms with van der Waals surface area (Å²) >= 11 is 5.84. The van der Waals surface area contributed by atoms with E-state index in [-0.39, 0.29) is 17.0 Å². The first-order chi connectivity index (χ1) is 8.63. The topological polar surface area (TPSA) is 94.3 Å². The molecule has 1 atom stereocenters. The van der Waals surface area contributed by atoms with Gasteiger partial charge in [0.1, 0.15) is 0 Å². The molecule has 0 saturated heterocycles. The summed E-state index contributed by atoms with van der Waals surface area (Å²) in [6, 6.07) is 4.81. The molecule has 8 heteroatoms. The third kappa shape index (κ3) is 2.93. The van der Waals surface area contributed by atoms with E-state index in [0.717, 1.165) is 13.0 Å². The fraction of sp³-hybridized carbons (Fsp3) is 0.364. The molecule has 0 fully saturated rings. The number of Topliss-reactive ketones (excluding diaryl/α,β-unsaturated/α-hetero) is 1. The second kappa shape index (κ2) is 5.26. The number of nitro groups is 1. The quantitative estimate of drug-likeness (QED) is 0.359. The lowest BCUT2D eigenvalue weighted by atomic mass is 10.1. The monoisotopic (exact) mass is 305 g/mol. The van der Waals surface area contributed by atoms with Crippen molar-refractivity contribution in [1.82, 2.24) is 0 Å². The van der Waals surface area contributed by atoms with Crippen molar-refractivity contribution in [1.29, 1.82) is 0 Å². The predicted octanol–water partition coefficient (Wildman–Crippen LogP) is 2.17. The molecule has 1 rings (SSSR count). The average molecular weight is 306 g/mol. The zero-order valence-corrected chi connectivity index (χ0v) is 11.9. The Bertz CT molecular complexity index is 624. The maximum Gasteiger partial charge on any atom is 0.270 e. The summed E-state index contributed by atoms with van der Waals surface area (Å²) < 4.78 is 21.4. The van der Waals surface area contributed by atoms with Crippen LogP contribution >= 0.6 is 11.6 Å². The highest BCUT2D eigenvalue weighted by molar-refractivity contribution is 7.95. The number of hydrogen-bond donors (Lipinski definition) is 0. The molecule has 0 aliphatic heterocycles. The Labute approximate surface area is 115 Å². The lowest BCUT2D eigenvalue weighted by Crippen LogP contribution is -2.39. The van der Waals surface area contributed by atoms with Crippen LogP contribution in [0.4, 0.5) is 5.69 Å². The molecule has 1 aromatic rings. The molecule has 0 unspecified atom stereocenters. The molecule has 0 aliphatic carbocycles. The molecule has 0 radical (unpaired) electrons. The highest BCUT2D eigenvalue weighted by atomic mass is 35.5. The van der Waals surface area contributed by atoms with Crippen LogP contribution in [-0.2, 0) is 9.84 Å². The lowest BCUT2D eigenvalue weighted by Gasteiger charge is -2.19.